The van der Waals surface area contributed by atoms with Gasteiger partial charge in [-0.1, -0.05) is 49.4 Å². The van der Waals surface area contributed by atoms with Crippen molar-refractivity contribution in [3.63, 3.8) is 0 Å². The summed E-state index contributed by atoms with van der Waals surface area (Å²) in [6, 6.07) is 17.7. The summed E-state index contributed by atoms with van der Waals surface area (Å²) >= 11 is 0. The molecule has 2 rings (SSSR count). The lowest BCUT2D eigenvalue weighted by molar-refractivity contribution is -0.144. The SMILES string of the molecule is CCOC(=O)CCN(CCc1ccccc1)C(=O)COc1ccc(CC)cc1. The molecule has 150 valence electrons. The van der Waals surface area contributed by atoms with Gasteiger partial charge in [-0.05, 0) is 43.0 Å². The molecule has 0 atom stereocenters. The second kappa shape index (κ2) is 11.8. The summed E-state index contributed by atoms with van der Waals surface area (Å²) in [6.07, 6.45) is 1.86. The molecule has 0 heterocycles. The molecule has 0 radical (unpaired) electrons. The normalized spacial score (nSPS) is 10.4. The van der Waals surface area contributed by atoms with Gasteiger partial charge in [-0.2, -0.15) is 0 Å². The van der Waals surface area contributed by atoms with Gasteiger partial charge in [0.1, 0.15) is 5.75 Å². The third-order valence-corrected chi connectivity index (χ3v) is 4.45. The predicted octanol–water partition coefficient (Wildman–Crippen LogP) is 3.65. The largest absolute Gasteiger partial charge is 0.484 e. The first-order chi connectivity index (χ1) is 13.6. The van der Waals surface area contributed by atoms with Crippen molar-refractivity contribution in [3.05, 3.63) is 65.7 Å². The molecular weight excluding hydrogens is 354 g/mol. The minimum atomic E-state index is -0.295. The molecule has 5 nitrogen and oxygen atoms in total. The van der Waals surface area contributed by atoms with E-state index in [1.165, 1.54) is 5.56 Å². The Morgan fingerprint density at radius 3 is 2.25 bits per heavy atom. The molecule has 2 aromatic carbocycles. The smallest absolute Gasteiger partial charge is 0.307 e. The lowest BCUT2D eigenvalue weighted by atomic mass is 10.1. The molecule has 1 amide bonds. The molecule has 0 aromatic heterocycles. The Morgan fingerprint density at radius 2 is 1.61 bits per heavy atom. The van der Waals surface area contributed by atoms with E-state index in [0.29, 0.717) is 25.4 Å². The molecule has 28 heavy (non-hydrogen) atoms. The highest BCUT2D eigenvalue weighted by molar-refractivity contribution is 5.78. The van der Waals surface area contributed by atoms with Crippen molar-refractivity contribution in [2.24, 2.45) is 0 Å². The molecule has 0 N–H and O–H groups in total. The third kappa shape index (κ3) is 7.43. The van der Waals surface area contributed by atoms with E-state index in [0.717, 1.165) is 18.4 Å². The van der Waals surface area contributed by atoms with Crippen LogP contribution in [0.15, 0.2) is 54.6 Å². The van der Waals surface area contributed by atoms with Crippen LogP contribution in [0.25, 0.3) is 0 Å². The summed E-state index contributed by atoms with van der Waals surface area (Å²) in [4.78, 5) is 26.0. The van der Waals surface area contributed by atoms with Crippen molar-refractivity contribution >= 4 is 11.9 Å². The van der Waals surface area contributed by atoms with Gasteiger partial charge in [0.25, 0.3) is 5.91 Å². The fourth-order valence-electron chi connectivity index (χ4n) is 2.79. The van der Waals surface area contributed by atoms with E-state index < -0.39 is 0 Å². The van der Waals surface area contributed by atoms with Crippen LogP contribution in [0.2, 0.25) is 0 Å². The predicted molar refractivity (Wildman–Crippen MR) is 109 cm³/mol. The molecule has 2 aromatic rings. The number of carbonyl (C=O) groups is 2. The molecule has 0 spiro atoms. The molecule has 0 bridgehead atoms. The van der Waals surface area contributed by atoms with E-state index >= 15 is 0 Å². The Kier molecular flexibility index (Phi) is 9.05. The van der Waals surface area contributed by atoms with Crippen LogP contribution in [0.1, 0.15) is 31.4 Å². The first kappa shape index (κ1) is 21.5. The summed E-state index contributed by atoms with van der Waals surface area (Å²) in [5.41, 5.74) is 2.37. The summed E-state index contributed by atoms with van der Waals surface area (Å²) in [7, 11) is 0. The minimum Gasteiger partial charge on any atom is -0.484 e. The number of hydrogen-bond donors (Lipinski definition) is 0. The Bertz CT molecular complexity index is 728. The van der Waals surface area contributed by atoms with E-state index in [-0.39, 0.29) is 24.9 Å². The van der Waals surface area contributed by atoms with Gasteiger partial charge < -0.3 is 14.4 Å². The molecule has 0 fully saturated rings. The van der Waals surface area contributed by atoms with Crippen molar-refractivity contribution < 1.29 is 19.1 Å². The molecule has 0 aliphatic rings. The monoisotopic (exact) mass is 383 g/mol. The lowest BCUT2D eigenvalue weighted by Gasteiger charge is -2.22. The molecule has 5 heteroatoms. The Balaban J connectivity index is 1.92. The zero-order valence-electron chi connectivity index (χ0n) is 16.7. The van der Waals surface area contributed by atoms with Gasteiger partial charge in [-0.25, -0.2) is 0 Å². The summed E-state index contributed by atoms with van der Waals surface area (Å²) < 4.78 is 10.6. The number of ether oxygens (including phenoxy) is 2. The van der Waals surface area contributed by atoms with Gasteiger partial charge in [0, 0.05) is 13.1 Å². The maximum absolute atomic E-state index is 12.7. The van der Waals surface area contributed by atoms with Crippen LogP contribution in [0.5, 0.6) is 5.75 Å². The number of benzene rings is 2. The van der Waals surface area contributed by atoms with Crippen LogP contribution in [0.4, 0.5) is 0 Å². The third-order valence-electron chi connectivity index (χ3n) is 4.45. The number of hydrogen-bond acceptors (Lipinski definition) is 4. The Morgan fingerprint density at radius 1 is 0.893 bits per heavy atom. The van der Waals surface area contributed by atoms with Crippen molar-refractivity contribution in [3.8, 4) is 5.75 Å². The maximum atomic E-state index is 12.7. The fraction of sp³-hybridized carbons (Fsp3) is 0.391. The second-order valence-electron chi connectivity index (χ2n) is 6.46. The number of rotatable bonds is 11. The minimum absolute atomic E-state index is 0.0525. The number of esters is 1. The van der Waals surface area contributed by atoms with E-state index in [2.05, 4.69) is 6.92 Å². The molecule has 0 unspecified atom stereocenters. The van der Waals surface area contributed by atoms with Crippen molar-refractivity contribution in [1.82, 2.24) is 4.90 Å². The summed E-state index contributed by atoms with van der Waals surface area (Å²) in [5, 5.41) is 0. The van der Waals surface area contributed by atoms with Crippen LogP contribution >= 0.6 is 0 Å². The van der Waals surface area contributed by atoms with Gasteiger partial charge in [-0.3, -0.25) is 9.59 Å². The van der Waals surface area contributed by atoms with Gasteiger partial charge in [-0.15, -0.1) is 0 Å². The van der Waals surface area contributed by atoms with Crippen molar-refractivity contribution in [2.75, 3.05) is 26.3 Å². The first-order valence-corrected chi connectivity index (χ1v) is 9.81. The molecule has 0 saturated heterocycles. The first-order valence-electron chi connectivity index (χ1n) is 9.81. The Hall–Kier alpha value is -2.82. The second-order valence-corrected chi connectivity index (χ2v) is 6.46. The highest BCUT2D eigenvalue weighted by atomic mass is 16.5. The number of amides is 1. The standard InChI is InChI=1S/C23H29NO4/c1-3-19-10-12-21(13-11-19)28-18-22(25)24(17-15-23(26)27-4-2)16-14-20-8-6-5-7-9-20/h5-13H,3-4,14-18H2,1-2H3. The van der Waals surface area contributed by atoms with Crippen LogP contribution in [0, 0.1) is 0 Å². The van der Waals surface area contributed by atoms with Crippen LogP contribution in [-0.2, 0) is 27.2 Å². The van der Waals surface area contributed by atoms with Gasteiger partial charge >= 0.3 is 5.97 Å². The topological polar surface area (TPSA) is 55.8 Å². The number of nitrogens with zero attached hydrogens (tertiary/aromatic N) is 1. The van der Waals surface area contributed by atoms with Gasteiger partial charge in [0.15, 0.2) is 6.61 Å². The van der Waals surface area contributed by atoms with E-state index in [1.54, 1.807) is 11.8 Å². The van der Waals surface area contributed by atoms with Crippen LogP contribution in [0.3, 0.4) is 0 Å². The molecule has 0 saturated carbocycles. The highest BCUT2D eigenvalue weighted by Crippen LogP contribution is 2.13. The Labute approximate surface area is 167 Å². The summed E-state index contributed by atoms with van der Waals surface area (Å²) in [5.74, 6) is 0.231. The van der Waals surface area contributed by atoms with Crippen molar-refractivity contribution in [1.29, 1.82) is 0 Å². The molecule has 0 aliphatic carbocycles. The van der Waals surface area contributed by atoms with E-state index in [1.807, 2.05) is 54.6 Å². The summed E-state index contributed by atoms with van der Waals surface area (Å²) in [6.45, 7) is 5.00. The van der Waals surface area contributed by atoms with Crippen LogP contribution in [-0.4, -0.2) is 43.1 Å². The average Bonchev–Trinajstić information content (AvgIpc) is 2.73. The number of aryl methyl sites for hydroxylation is 1. The lowest BCUT2D eigenvalue weighted by Crippen LogP contribution is -2.38. The van der Waals surface area contributed by atoms with Gasteiger partial charge in [0.2, 0.25) is 0 Å². The fourth-order valence-corrected chi connectivity index (χ4v) is 2.79. The van der Waals surface area contributed by atoms with Gasteiger partial charge in [0.05, 0.1) is 13.0 Å². The van der Waals surface area contributed by atoms with Crippen LogP contribution < -0.4 is 4.74 Å². The zero-order chi connectivity index (χ0) is 20.2. The quantitative estimate of drug-likeness (QED) is 0.556. The van der Waals surface area contributed by atoms with E-state index in [4.69, 9.17) is 9.47 Å². The van der Waals surface area contributed by atoms with Crippen molar-refractivity contribution in [2.45, 2.75) is 33.1 Å². The number of carbonyl (C=O) groups excluding carboxylic acids is 2. The zero-order valence-corrected chi connectivity index (χ0v) is 16.7. The molecular formula is C23H29NO4. The maximum Gasteiger partial charge on any atom is 0.307 e. The highest BCUT2D eigenvalue weighted by Gasteiger charge is 2.16. The average molecular weight is 383 g/mol. The van der Waals surface area contributed by atoms with E-state index in [9.17, 15) is 9.59 Å². The molecule has 0 aliphatic heterocycles.